The lowest BCUT2D eigenvalue weighted by Gasteiger charge is -2.07. The van der Waals surface area contributed by atoms with Gasteiger partial charge in [0.2, 0.25) is 0 Å². The van der Waals surface area contributed by atoms with Crippen LogP contribution in [-0.4, -0.2) is 10.2 Å². The molecule has 3 heteroatoms. The van der Waals surface area contributed by atoms with Crippen LogP contribution in [0.25, 0.3) is 22.4 Å². The number of halogens is 1. The standard InChI is InChI=1S/C17H13ClN2/c1-12-16(13-7-9-15(18)10-8-13)11-17(20-19-12)14-5-3-2-4-6-14/h2-11H,1H3. The van der Waals surface area contributed by atoms with Crippen LogP contribution in [0, 0.1) is 6.92 Å². The van der Waals surface area contributed by atoms with E-state index in [9.17, 15) is 0 Å². The Kier molecular flexibility index (Phi) is 3.48. The third kappa shape index (κ3) is 2.56. The Morgan fingerprint density at radius 3 is 2.20 bits per heavy atom. The molecule has 0 radical (unpaired) electrons. The smallest absolute Gasteiger partial charge is 0.0936 e. The van der Waals surface area contributed by atoms with Gasteiger partial charge in [-0.3, -0.25) is 0 Å². The Balaban J connectivity index is 2.10. The largest absolute Gasteiger partial charge is 0.155 e. The van der Waals surface area contributed by atoms with Crippen molar-refractivity contribution in [1.29, 1.82) is 0 Å². The maximum atomic E-state index is 5.94. The van der Waals surface area contributed by atoms with E-state index in [1.807, 2.05) is 61.5 Å². The molecule has 0 saturated carbocycles. The molecular formula is C17H13ClN2. The summed E-state index contributed by atoms with van der Waals surface area (Å²) < 4.78 is 0. The van der Waals surface area contributed by atoms with Crippen LogP contribution in [0.5, 0.6) is 0 Å². The fourth-order valence-corrected chi connectivity index (χ4v) is 2.25. The van der Waals surface area contributed by atoms with Crippen molar-refractivity contribution in [3.05, 3.63) is 71.4 Å². The second-order valence-corrected chi connectivity index (χ2v) is 5.04. The summed E-state index contributed by atoms with van der Waals surface area (Å²) >= 11 is 5.94. The minimum atomic E-state index is 0.733. The highest BCUT2D eigenvalue weighted by Gasteiger charge is 2.07. The van der Waals surface area contributed by atoms with E-state index in [1.54, 1.807) is 0 Å². The molecule has 3 aromatic rings. The molecule has 1 aromatic heterocycles. The molecule has 0 aliphatic rings. The molecule has 0 unspecified atom stereocenters. The molecular weight excluding hydrogens is 268 g/mol. The van der Waals surface area contributed by atoms with Crippen LogP contribution in [0.15, 0.2) is 60.7 Å². The van der Waals surface area contributed by atoms with E-state index < -0.39 is 0 Å². The molecule has 2 aromatic carbocycles. The van der Waals surface area contributed by atoms with Gasteiger partial charge in [0, 0.05) is 16.1 Å². The molecule has 0 aliphatic carbocycles. The fourth-order valence-electron chi connectivity index (χ4n) is 2.12. The summed E-state index contributed by atoms with van der Waals surface area (Å²) in [5, 5.41) is 9.28. The van der Waals surface area contributed by atoms with Crippen LogP contribution in [0.1, 0.15) is 5.69 Å². The van der Waals surface area contributed by atoms with E-state index in [2.05, 4.69) is 16.3 Å². The molecule has 0 bridgehead atoms. The lowest BCUT2D eigenvalue weighted by atomic mass is 10.0. The van der Waals surface area contributed by atoms with Crippen molar-refractivity contribution in [2.45, 2.75) is 6.92 Å². The maximum absolute atomic E-state index is 5.94. The van der Waals surface area contributed by atoms with Gasteiger partial charge < -0.3 is 0 Å². The van der Waals surface area contributed by atoms with E-state index in [-0.39, 0.29) is 0 Å². The first-order valence-corrected chi connectivity index (χ1v) is 6.77. The number of rotatable bonds is 2. The Bertz CT molecular complexity index is 722. The van der Waals surface area contributed by atoms with E-state index >= 15 is 0 Å². The SMILES string of the molecule is Cc1nnc(-c2ccccc2)cc1-c1ccc(Cl)cc1. The number of hydrogen-bond acceptors (Lipinski definition) is 2. The highest BCUT2D eigenvalue weighted by molar-refractivity contribution is 6.30. The normalized spacial score (nSPS) is 10.5. The second-order valence-electron chi connectivity index (χ2n) is 4.60. The molecule has 2 nitrogen and oxygen atoms in total. The van der Waals surface area contributed by atoms with Crippen LogP contribution in [0.4, 0.5) is 0 Å². The Labute approximate surface area is 123 Å². The molecule has 0 saturated heterocycles. The number of benzene rings is 2. The third-order valence-corrected chi connectivity index (χ3v) is 3.46. The predicted molar refractivity (Wildman–Crippen MR) is 82.7 cm³/mol. The molecule has 1 heterocycles. The van der Waals surface area contributed by atoms with Gasteiger partial charge in [-0.05, 0) is 30.7 Å². The highest BCUT2D eigenvalue weighted by atomic mass is 35.5. The van der Waals surface area contributed by atoms with Gasteiger partial charge in [0.25, 0.3) is 0 Å². The van der Waals surface area contributed by atoms with Crippen LogP contribution >= 0.6 is 11.6 Å². The van der Waals surface area contributed by atoms with E-state index in [4.69, 9.17) is 11.6 Å². The van der Waals surface area contributed by atoms with Crippen molar-refractivity contribution in [2.24, 2.45) is 0 Å². The highest BCUT2D eigenvalue weighted by Crippen LogP contribution is 2.27. The van der Waals surface area contributed by atoms with Crippen LogP contribution in [0.2, 0.25) is 5.02 Å². The van der Waals surface area contributed by atoms with Crippen molar-refractivity contribution < 1.29 is 0 Å². The summed E-state index contributed by atoms with van der Waals surface area (Å²) in [4.78, 5) is 0. The third-order valence-electron chi connectivity index (χ3n) is 3.20. The quantitative estimate of drug-likeness (QED) is 0.675. The van der Waals surface area contributed by atoms with Crippen molar-refractivity contribution >= 4 is 11.6 Å². The summed E-state index contributed by atoms with van der Waals surface area (Å²) in [6.07, 6.45) is 0. The summed E-state index contributed by atoms with van der Waals surface area (Å²) in [5.74, 6) is 0. The van der Waals surface area contributed by atoms with Gasteiger partial charge in [0.05, 0.1) is 11.4 Å². The summed E-state index contributed by atoms with van der Waals surface area (Å²) in [7, 11) is 0. The maximum Gasteiger partial charge on any atom is 0.0936 e. The van der Waals surface area contributed by atoms with Crippen LogP contribution < -0.4 is 0 Å². The first-order chi connectivity index (χ1) is 9.74. The van der Waals surface area contributed by atoms with Crippen LogP contribution in [-0.2, 0) is 0 Å². The van der Waals surface area contributed by atoms with Gasteiger partial charge in [0.1, 0.15) is 0 Å². The molecule has 0 N–H and O–H groups in total. The zero-order chi connectivity index (χ0) is 13.9. The van der Waals surface area contributed by atoms with Crippen molar-refractivity contribution in [1.82, 2.24) is 10.2 Å². The van der Waals surface area contributed by atoms with E-state index in [0.29, 0.717) is 0 Å². The lowest BCUT2D eigenvalue weighted by molar-refractivity contribution is 0.990. The van der Waals surface area contributed by atoms with Crippen molar-refractivity contribution in [3.8, 4) is 22.4 Å². The Hall–Kier alpha value is -2.19. The van der Waals surface area contributed by atoms with Crippen molar-refractivity contribution in [2.75, 3.05) is 0 Å². The fraction of sp³-hybridized carbons (Fsp3) is 0.0588. The lowest BCUT2D eigenvalue weighted by Crippen LogP contribution is -1.94. The molecule has 0 amide bonds. The second kappa shape index (κ2) is 5.43. The molecule has 0 spiro atoms. The first kappa shape index (κ1) is 12.8. The molecule has 0 aliphatic heterocycles. The summed E-state index contributed by atoms with van der Waals surface area (Å²) in [5.41, 5.74) is 5.03. The van der Waals surface area contributed by atoms with E-state index in [0.717, 1.165) is 33.1 Å². The average molecular weight is 281 g/mol. The topological polar surface area (TPSA) is 25.8 Å². The van der Waals surface area contributed by atoms with Crippen LogP contribution in [0.3, 0.4) is 0 Å². The number of nitrogens with zero attached hydrogens (tertiary/aromatic N) is 2. The van der Waals surface area contributed by atoms with Gasteiger partial charge in [0.15, 0.2) is 0 Å². The summed E-state index contributed by atoms with van der Waals surface area (Å²) in [6.45, 7) is 1.96. The minimum absolute atomic E-state index is 0.733. The summed E-state index contributed by atoms with van der Waals surface area (Å²) in [6, 6.07) is 19.9. The zero-order valence-electron chi connectivity index (χ0n) is 11.0. The van der Waals surface area contributed by atoms with Gasteiger partial charge in [-0.1, -0.05) is 54.1 Å². The predicted octanol–water partition coefficient (Wildman–Crippen LogP) is 4.77. The first-order valence-electron chi connectivity index (χ1n) is 6.40. The zero-order valence-corrected chi connectivity index (χ0v) is 11.8. The van der Waals surface area contributed by atoms with E-state index in [1.165, 1.54) is 0 Å². The number of aromatic nitrogens is 2. The molecule has 0 fully saturated rings. The van der Waals surface area contributed by atoms with Gasteiger partial charge >= 0.3 is 0 Å². The number of hydrogen-bond donors (Lipinski definition) is 0. The monoisotopic (exact) mass is 280 g/mol. The molecule has 20 heavy (non-hydrogen) atoms. The Morgan fingerprint density at radius 2 is 1.50 bits per heavy atom. The number of aryl methyl sites for hydroxylation is 1. The molecule has 98 valence electrons. The Morgan fingerprint density at radius 1 is 0.800 bits per heavy atom. The minimum Gasteiger partial charge on any atom is -0.155 e. The molecule has 3 rings (SSSR count). The van der Waals surface area contributed by atoms with Crippen molar-refractivity contribution in [3.63, 3.8) is 0 Å². The van der Waals surface area contributed by atoms with Gasteiger partial charge in [-0.15, -0.1) is 0 Å². The average Bonchev–Trinajstić information content (AvgIpc) is 2.50. The van der Waals surface area contributed by atoms with Gasteiger partial charge in [-0.25, -0.2) is 0 Å². The molecule has 0 atom stereocenters. The van der Waals surface area contributed by atoms with Gasteiger partial charge in [-0.2, -0.15) is 10.2 Å².